The Balaban J connectivity index is 1.30. The number of piperidine rings is 1. The van der Waals surface area contributed by atoms with Crippen LogP contribution in [0.1, 0.15) is 52.5 Å². The van der Waals surface area contributed by atoms with E-state index < -0.39 is 11.2 Å². The fourth-order valence-corrected chi connectivity index (χ4v) is 5.65. The lowest BCUT2D eigenvalue weighted by Crippen LogP contribution is -2.65. The van der Waals surface area contributed by atoms with Crippen molar-refractivity contribution in [3.63, 3.8) is 0 Å². The number of nitrogens with zero attached hydrogens (tertiary/aromatic N) is 4. The molecule has 40 heavy (non-hydrogen) atoms. The highest BCUT2D eigenvalue weighted by atomic mass is 16.2. The zero-order valence-corrected chi connectivity index (χ0v) is 24.4. The number of nitrogens with two attached hydrogens (primary N) is 2. The molecule has 6 N–H and O–H groups in total. The molecule has 4 rings (SSSR count). The lowest BCUT2D eigenvalue weighted by atomic mass is 9.89. The number of hydrogen-bond acceptors (Lipinski definition) is 6. The molecule has 2 saturated heterocycles. The fraction of sp³-hybridized carbons (Fsp3) is 0.621. The standard InChI is InChI=1S/C29H46N8O3/c1-5-24(30)22-7-6-13-34(20-22)19-21-8-10-23(11-9-21)37-14-12-29(4,33-27(37)40)32-26(39)36-17-15-35(16-18-36)25(38)28(2,3)31/h8-12,14,22,24H,5-7,13,15-20,30-31H2,1-4H3,(H,32,39)(H,33,40). The van der Waals surface area contributed by atoms with Gasteiger partial charge in [-0.25, -0.2) is 9.59 Å². The first-order valence-electron chi connectivity index (χ1n) is 14.4. The van der Waals surface area contributed by atoms with Crippen LogP contribution >= 0.6 is 0 Å². The maximum Gasteiger partial charge on any atom is 0.328 e. The van der Waals surface area contributed by atoms with Crippen LogP contribution < -0.4 is 27.0 Å². The Hall–Kier alpha value is -3.15. The molecule has 3 unspecified atom stereocenters. The van der Waals surface area contributed by atoms with Crippen molar-refractivity contribution in [1.82, 2.24) is 25.3 Å². The van der Waals surface area contributed by atoms with Crippen LogP contribution in [0.2, 0.25) is 0 Å². The Morgan fingerprint density at radius 1 is 1.12 bits per heavy atom. The maximum atomic E-state index is 13.0. The summed E-state index contributed by atoms with van der Waals surface area (Å²) in [4.78, 5) is 45.7. The Bertz CT molecular complexity index is 1090. The van der Waals surface area contributed by atoms with E-state index >= 15 is 0 Å². The molecule has 3 atom stereocenters. The van der Waals surface area contributed by atoms with Crippen molar-refractivity contribution in [3.8, 4) is 0 Å². The van der Waals surface area contributed by atoms with E-state index in [1.54, 1.807) is 42.8 Å². The second kappa shape index (κ2) is 12.2. The van der Waals surface area contributed by atoms with Crippen molar-refractivity contribution in [2.24, 2.45) is 17.4 Å². The summed E-state index contributed by atoms with van der Waals surface area (Å²) in [6.07, 6.45) is 6.84. The Kier molecular flexibility index (Phi) is 9.06. The summed E-state index contributed by atoms with van der Waals surface area (Å²) in [6.45, 7) is 11.8. The lowest BCUT2D eigenvalue weighted by molar-refractivity contribution is -0.137. The average Bonchev–Trinajstić information content (AvgIpc) is 2.92. The molecular weight excluding hydrogens is 508 g/mol. The molecule has 0 radical (unpaired) electrons. The highest BCUT2D eigenvalue weighted by Crippen LogP contribution is 2.24. The largest absolute Gasteiger partial charge is 0.338 e. The predicted octanol–water partition coefficient (Wildman–Crippen LogP) is 1.99. The molecule has 220 valence electrons. The van der Waals surface area contributed by atoms with Gasteiger partial charge in [0, 0.05) is 51.5 Å². The zero-order valence-electron chi connectivity index (χ0n) is 24.4. The minimum atomic E-state index is -1.04. The lowest BCUT2D eigenvalue weighted by Gasteiger charge is -2.40. The van der Waals surface area contributed by atoms with Gasteiger partial charge >= 0.3 is 12.1 Å². The van der Waals surface area contributed by atoms with Gasteiger partial charge in [-0.2, -0.15) is 0 Å². The highest BCUT2D eigenvalue weighted by Gasteiger charge is 2.36. The van der Waals surface area contributed by atoms with E-state index in [1.165, 1.54) is 23.3 Å². The van der Waals surface area contributed by atoms with Crippen molar-refractivity contribution < 1.29 is 14.4 Å². The van der Waals surface area contributed by atoms with Gasteiger partial charge in [0.2, 0.25) is 5.91 Å². The fourth-order valence-electron chi connectivity index (χ4n) is 5.65. The van der Waals surface area contributed by atoms with Crippen molar-refractivity contribution in [3.05, 3.63) is 42.1 Å². The smallest absolute Gasteiger partial charge is 0.328 e. The van der Waals surface area contributed by atoms with E-state index in [1.807, 2.05) is 12.1 Å². The number of anilines is 1. The van der Waals surface area contributed by atoms with Crippen LogP contribution in [-0.4, -0.2) is 89.2 Å². The molecule has 11 heteroatoms. The number of likely N-dealkylation sites (tertiary alicyclic amines) is 1. The van der Waals surface area contributed by atoms with Gasteiger partial charge < -0.3 is 31.9 Å². The molecule has 0 aromatic heterocycles. The third-order valence-electron chi connectivity index (χ3n) is 8.15. The van der Waals surface area contributed by atoms with Crippen LogP contribution in [0.4, 0.5) is 15.3 Å². The molecule has 1 aromatic carbocycles. The molecule has 1 aromatic rings. The first-order valence-corrected chi connectivity index (χ1v) is 14.4. The maximum absolute atomic E-state index is 13.0. The molecule has 0 spiro atoms. The predicted molar refractivity (Wildman–Crippen MR) is 156 cm³/mol. The van der Waals surface area contributed by atoms with Crippen LogP contribution in [-0.2, 0) is 11.3 Å². The van der Waals surface area contributed by atoms with Crippen molar-refractivity contribution in [2.45, 2.75) is 70.7 Å². The minimum absolute atomic E-state index is 0.132. The van der Waals surface area contributed by atoms with Crippen molar-refractivity contribution in [2.75, 3.05) is 44.2 Å². The van der Waals surface area contributed by atoms with E-state index in [2.05, 4.69) is 34.6 Å². The first kappa shape index (κ1) is 29.8. The SMILES string of the molecule is CCC(N)C1CCCN(Cc2ccc(N3C=CC(C)(NC(=O)N4CCN(C(=O)C(C)(C)N)CC4)NC3=O)cc2)C1. The summed E-state index contributed by atoms with van der Waals surface area (Å²) in [7, 11) is 0. The molecule has 3 aliphatic heterocycles. The van der Waals surface area contributed by atoms with Gasteiger partial charge in [0.15, 0.2) is 0 Å². The van der Waals surface area contributed by atoms with E-state index in [0.717, 1.165) is 31.7 Å². The third kappa shape index (κ3) is 7.13. The number of amides is 5. The molecule has 0 aliphatic carbocycles. The molecular formula is C29H46N8O3. The molecule has 3 aliphatic rings. The number of urea groups is 2. The van der Waals surface area contributed by atoms with E-state index in [9.17, 15) is 14.4 Å². The number of rotatable bonds is 7. The second-order valence-electron chi connectivity index (χ2n) is 12.1. The molecule has 5 amide bonds. The van der Waals surface area contributed by atoms with Gasteiger partial charge in [0.05, 0.1) is 11.2 Å². The van der Waals surface area contributed by atoms with Gasteiger partial charge in [-0.3, -0.25) is 14.6 Å². The Morgan fingerprint density at radius 3 is 2.38 bits per heavy atom. The zero-order chi connectivity index (χ0) is 29.1. The number of carbonyl (C=O) groups is 3. The number of benzene rings is 1. The normalized spacial score (nSPS) is 25.0. The quantitative estimate of drug-likeness (QED) is 0.406. The number of hydrogen-bond donors (Lipinski definition) is 4. The Morgan fingerprint density at radius 2 is 1.77 bits per heavy atom. The minimum Gasteiger partial charge on any atom is -0.338 e. The van der Waals surface area contributed by atoms with Gasteiger partial charge in [-0.1, -0.05) is 19.1 Å². The Labute approximate surface area is 237 Å². The molecule has 11 nitrogen and oxygen atoms in total. The van der Waals surface area contributed by atoms with Gasteiger partial charge in [0.25, 0.3) is 0 Å². The number of carbonyl (C=O) groups excluding carboxylic acids is 3. The summed E-state index contributed by atoms with van der Waals surface area (Å²) in [6, 6.07) is 7.65. The van der Waals surface area contributed by atoms with E-state index in [4.69, 9.17) is 11.5 Å². The van der Waals surface area contributed by atoms with Crippen molar-refractivity contribution >= 4 is 23.7 Å². The molecule has 0 saturated carbocycles. The average molecular weight is 555 g/mol. The highest BCUT2D eigenvalue weighted by molar-refractivity contribution is 5.96. The second-order valence-corrected chi connectivity index (χ2v) is 12.1. The van der Waals surface area contributed by atoms with Gasteiger partial charge in [-0.05, 0) is 76.3 Å². The molecule has 0 bridgehead atoms. The molecule has 3 heterocycles. The summed E-state index contributed by atoms with van der Waals surface area (Å²) >= 11 is 0. The summed E-state index contributed by atoms with van der Waals surface area (Å²) < 4.78 is 0. The summed E-state index contributed by atoms with van der Waals surface area (Å²) in [5, 5.41) is 5.81. The van der Waals surface area contributed by atoms with E-state index in [0.29, 0.717) is 32.1 Å². The van der Waals surface area contributed by atoms with Gasteiger partial charge in [0.1, 0.15) is 5.66 Å². The summed E-state index contributed by atoms with van der Waals surface area (Å²) in [5.41, 5.74) is 12.2. The third-order valence-corrected chi connectivity index (χ3v) is 8.15. The topological polar surface area (TPSA) is 140 Å². The van der Waals surface area contributed by atoms with Crippen LogP contribution in [0.15, 0.2) is 36.5 Å². The first-order chi connectivity index (χ1) is 18.9. The summed E-state index contributed by atoms with van der Waals surface area (Å²) in [5.74, 6) is 0.416. The van der Waals surface area contributed by atoms with Crippen LogP contribution in [0.3, 0.4) is 0 Å². The van der Waals surface area contributed by atoms with E-state index in [-0.39, 0.29) is 24.0 Å². The van der Waals surface area contributed by atoms with Gasteiger partial charge in [-0.15, -0.1) is 0 Å². The monoisotopic (exact) mass is 554 g/mol. The van der Waals surface area contributed by atoms with Crippen LogP contribution in [0.5, 0.6) is 0 Å². The number of piperazine rings is 1. The molecule has 2 fully saturated rings. The van der Waals surface area contributed by atoms with Crippen molar-refractivity contribution in [1.29, 1.82) is 0 Å². The number of nitrogens with one attached hydrogen (secondary N) is 2. The van der Waals surface area contributed by atoms with Crippen LogP contribution in [0.25, 0.3) is 0 Å². The van der Waals surface area contributed by atoms with Crippen LogP contribution in [0, 0.1) is 5.92 Å².